The van der Waals surface area contributed by atoms with Crippen molar-refractivity contribution in [1.82, 2.24) is 5.32 Å². The molecule has 1 fully saturated rings. The summed E-state index contributed by atoms with van der Waals surface area (Å²) < 4.78 is 28.0. The van der Waals surface area contributed by atoms with Crippen LogP contribution in [0.2, 0.25) is 0 Å². The van der Waals surface area contributed by atoms with Crippen molar-refractivity contribution in [3.05, 3.63) is 29.8 Å². The van der Waals surface area contributed by atoms with Gasteiger partial charge >= 0.3 is 0 Å². The molecule has 3 N–H and O–H groups in total. The Hall–Kier alpha value is -0.950. The number of hydrogen-bond acceptors (Lipinski definition) is 5. The third kappa shape index (κ3) is 4.28. The highest BCUT2D eigenvalue weighted by molar-refractivity contribution is 7.90. The minimum Gasteiger partial charge on any atom is -0.381 e. The maximum Gasteiger partial charge on any atom is 0.175 e. The molecule has 5 nitrogen and oxygen atoms in total. The predicted molar refractivity (Wildman–Crippen MR) is 78.2 cm³/mol. The molecule has 1 aliphatic rings. The van der Waals surface area contributed by atoms with Crippen LogP contribution < -0.4 is 11.1 Å². The highest BCUT2D eigenvalue weighted by atomic mass is 32.2. The summed E-state index contributed by atoms with van der Waals surface area (Å²) in [5, 5.41) is 3.34. The van der Waals surface area contributed by atoms with Gasteiger partial charge in [-0.25, -0.2) is 8.42 Å². The lowest BCUT2D eigenvalue weighted by molar-refractivity contribution is 0.0531. The quantitative estimate of drug-likeness (QED) is 0.836. The molecule has 1 aromatic carbocycles. The Labute approximate surface area is 120 Å². The number of rotatable bonds is 5. The smallest absolute Gasteiger partial charge is 0.175 e. The van der Waals surface area contributed by atoms with Gasteiger partial charge in [0.25, 0.3) is 0 Å². The van der Waals surface area contributed by atoms with Crippen LogP contribution in [0.3, 0.4) is 0 Å². The van der Waals surface area contributed by atoms with E-state index < -0.39 is 9.84 Å². The molecule has 0 aromatic heterocycles. The molecule has 0 atom stereocenters. The Morgan fingerprint density at radius 3 is 2.40 bits per heavy atom. The van der Waals surface area contributed by atoms with Gasteiger partial charge in [-0.05, 0) is 30.5 Å². The third-order valence-electron chi connectivity index (χ3n) is 3.65. The number of benzene rings is 1. The Bertz CT molecular complexity index is 534. The first-order valence-corrected chi connectivity index (χ1v) is 8.65. The zero-order chi connectivity index (χ0) is 14.6. The molecule has 0 amide bonds. The first-order valence-electron chi connectivity index (χ1n) is 6.75. The molecule has 2 rings (SSSR count). The van der Waals surface area contributed by atoms with E-state index in [1.165, 1.54) is 6.26 Å². The van der Waals surface area contributed by atoms with Crippen LogP contribution in [0.5, 0.6) is 0 Å². The van der Waals surface area contributed by atoms with Crippen LogP contribution in [0.4, 0.5) is 0 Å². The molecule has 0 radical (unpaired) electrons. The first-order chi connectivity index (χ1) is 9.39. The largest absolute Gasteiger partial charge is 0.381 e. The summed E-state index contributed by atoms with van der Waals surface area (Å²) in [7, 11) is -3.12. The second-order valence-electron chi connectivity index (χ2n) is 5.49. The lowest BCUT2D eigenvalue weighted by Gasteiger charge is -2.33. The van der Waals surface area contributed by atoms with Gasteiger partial charge in [0, 0.05) is 38.1 Å². The van der Waals surface area contributed by atoms with Crippen LogP contribution in [0.15, 0.2) is 29.2 Å². The minimum atomic E-state index is -3.12. The molecule has 1 aliphatic heterocycles. The van der Waals surface area contributed by atoms with Crippen LogP contribution in [0.25, 0.3) is 0 Å². The molecule has 1 heterocycles. The SMILES string of the molecule is CS(=O)(=O)c1ccc(CNCC2(N)CCOCC2)cc1. The van der Waals surface area contributed by atoms with Crippen LogP contribution in [-0.2, 0) is 21.1 Å². The summed E-state index contributed by atoms with van der Waals surface area (Å²) >= 11 is 0. The Kier molecular flexibility index (Phi) is 4.80. The van der Waals surface area contributed by atoms with Crippen LogP contribution in [-0.4, -0.2) is 40.0 Å². The Morgan fingerprint density at radius 2 is 1.85 bits per heavy atom. The summed E-state index contributed by atoms with van der Waals surface area (Å²) in [6.07, 6.45) is 2.95. The molecule has 0 saturated carbocycles. The molecule has 0 spiro atoms. The maximum atomic E-state index is 11.4. The van der Waals surface area contributed by atoms with Crippen molar-refractivity contribution < 1.29 is 13.2 Å². The monoisotopic (exact) mass is 298 g/mol. The van der Waals surface area contributed by atoms with Gasteiger partial charge in [0.15, 0.2) is 9.84 Å². The van der Waals surface area contributed by atoms with Crippen molar-refractivity contribution in [1.29, 1.82) is 0 Å². The lowest BCUT2D eigenvalue weighted by Crippen LogP contribution is -2.52. The molecule has 1 saturated heterocycles. The zero-order valence-electron chi connectivity index (χ0n) is 11.8. The highest BCUT2D eigenvalue weighted by Gasteiger charge is 2.27. The minimum absolute atomic E-state index is 0.190. The third-order valence-corrected chi connectivity index (χ3v) is 4.77. The lowest BCUT2D eigenvalue weighted by atomic mass is 9.91. The average Bonchev–Trinajstić information content (AvgIpc) is 2.39. The van der Waals surface area contributed by atoms with Crippen molar-refractivity contribution in [2.75, 3.05) is 26.0 Å². The Morgan fingerprint density at radius 1 is 1.25 bits per heavy atom. The van der Waals surface area contributed by atoms with E-state index in [1.54, 1.807) is 12.1 Å². The van der Waals surface area contributed by atoms with Gasteiger partial charge in [0.05, 0.1) is 4.90 Å². The number of ether oxygens (including phenoxy) is 1. The molecule has 20 heavy (non-hydrogen) atoms. The highest BCUT2D eigenvalue weighted by Crippen LogP contribution is 2.17. The molecular formula is C14H22N2O3S. The number of sulfone groups is 1. The van der Waals surface area contributed by atoms with Gasteiger partial charge in [0.2, 0.25) is 0 Å². The van der Waals surface area contributed by atoms with E-state index >= 15 is 0 Å². The summed E-state index contributed by atoms with van der Waals surface area (Å²) in [6.45, 7) is 2.87. The molecule has 0 aliphatic carbocycles. The zero-order valence-corrected chi connectivity index (χ0v) is 12.6. The standard InChI is InChI=1S/C14H22N2O3S/c1-20(17,18)13-4-2-12(3-5-13)10-16-11-14(15)6-8-19-9-7-14/h2-5,16H,6-11,15H2,1H3. The second-order valence-corrected chi connectivity index (χ2v) is 7.51. The van der Waals surface area contributed by atoms with E-state index in [9.17, 15) is 8.42 Å². The number of nitrogens with one attached hydrogen (secondary N) is 1. The molecular weight excluding hydrogens is 276 g/mol. The molecule has 0 unspecified atom stereocenters. The normalized spacial score (nSPS) is 18.9. The summed E-state index contributed by atoms with van der Waals surface area (Å²) in [4.78, 5) is 0.348. The van der Waals surface area contributed by atoms with Gasteiger partial charge in [-0.15, -0.1) is 0 Å². The Balaban J connectivity index is 1.85. The summed E-state index contributed by atoms with van der Waals surface area (Å²) in [5.41, 5.74) is 7.14. The topological polar surface area (TPSA) is 81.4 Å². The molecule has 0 bridgehead atoms. The predicted octanol–water partition coefficient (Wildman–Crippen LogP) is 0.688. The van der Waals surface area contributed by atoms with E-state index in [0.29, 0.717) is 11.4 Å². The first kappa shape index (κ1) is 15.4. The van der Waals surface area contributed by atoms with Crippen molar-refractivity contribution in [2.45, 2.75) is 29.8 Å². The van der Waals surface area contributed by atoms with Gasteiger partial charge in [0.1, 0.15) is 0 Å². The second kappa shape index (κ2) is 6.22. The summed E-state index contributed by atoms with van der Waals surface area (Å²) in [6, 6.07) is 6.94. The van der Waals surface area contributed by atoms with Crippen molar-refractivity contribution in [3.8, 4) is 0 Å². The van der Waals surface area contributed by atoms with Crippen molar-refractivity contribution in [3.63, 3.8) is 0 Å². The fourth-order valence-corrected chi connectivity index (χ4v) is 2.90. The maximum absolute atomic E-state index is 11.4. The van der Waals surface area contributed by atoms with Crippen LogP contribution in [0, 0.1) is 0 Å². The molecule has 112 valence electrons. The fourth-order valence-electron chi connectivity index (χ4n) is 2.26. The van der Waals surface area contributed by atoms with Gasteiger partial charge in [-0.2, -0.15) is 0 Å². The van der Waals surface area contributed by atoms with Gasteiger partial charge in [-0.1, -0.05) is 12.1 Å². The molecule has 1 aromatic rings. The van der Waals surface area contributed by atoms with Gasteiger partial charge < -0.3 is 15.8 Å². The van der Waals surface area contributed by atoms with E-state index in [4.69, 9.17) is 10.5 Å². The van der Waals surface area contributed by atoms with Crippen molar-refractivity contribution >= 4 is 9.84 Å². The van der Waals surface area contributed by atoms with Crippen LogP contribution in [0.1, 0.15) is 18.4 Å². The molecule has 6 heteroatoms. The fraction of sp³-hybridized carbons (Fsp3) is 0.571. The van der Waals surface area contributed by atoms with E-state index in [1.807, 2.05) is 12.1 Å². The van der Waals surface area contributed by atoms with Crippen LogP contribution >= 0.6 is 0 Å². The average molecular weight is 298 g/mol. The number of nitrogens with two attached hydrogens (primary N) is 1. The van der Waals surface area contributed by atoms with Gasteiger partial charge in [-0.3, -0.25) is 0 Å². The summed E-state index contributed by atoms with van der Waals surface area (Å²) in [5.74, 6) is 0. The van der Waals surface area contributed by atoms with E-state index in [-0.39, 0.29) is 5.54 Å². The number of hydrogen-bond donors (Lipinski definition) is 2. The van der Waals surface area contributed by atoms with E-state index in [0.717, 1.165) is 38.2 Å². The van der Waals surface area contributed by atoms with E-state index in [2.05, 4.69) is 5.32 Å². The van der Waals surface area contributed by atoms with Crippen molar-refractivity contribution in [2.24, 2.45) is 5.73 Å².